The van der Waals surface area contributed by atoms with E-state index in [2.05, 4.69) is 10.1 Å². The Hall–Kier alpha value is -1.40. The quantitative estimate of drug-likeness (QED) is 0.910. The second-order valence-corrected chi connectivity index (χ2v) is 7.70. The van der Waals surface area contributed by atoms with Crippen molar-refractivity contribution < 1.29 is 14.4 Å². The average molecular weight is 335 g/mol. The third-order valence-electron chi connectivity index (χ3n) is 5.71. The summed E-state index contributed by atoms with van der Waals surface area (Å²) in [6, 6.07) is 0. The first-order valence-corrected chi connectivity index (χ1v) is 8.98. The Balaban J connectivity index is 1.59. The van der Waals surface area contributed by atoms with Gasteiger partial charge in [0.05, 0.1) is 11.8 Å². The van der Waals surface area contributed by atoms with Crippen LogP contribution in [0.3, 0.4) is 0 Å². The zero-order valence-electron chi connectivity index (χ0n) is 15.0. The lowest BCUT2D eigenvalue weighted by atomic mass is 9.72. The van der Waals surface area contributed by atoms with Gasteiger partial charge in [0.25, 0.3) is 0 Å². The number of aromatic nitrogens is 1. The zero-order valence-corrected chi connectivity index (χ0v) is 15.0. The molecular formula is C18H29N3O3. The van der Waals surface area contributed by atoms with Gasteiger partial charge in [0.2, 0.25) is 5.91 Å². The molecule has 6 nitrogen and oxygen atoms in total. The van der Waals surface area contributed by atoms with Gasteiger partial charge >= 0.3 is 0 Å². The molecule has 2 aliphatic rings. The summed E-state index contributed by atoms with van der Waals surface area (Å²) in [6.07, 6.45) is 3.38. The Morgan fingerprint density at radius 3 is 2.58 bits per heavy atom. The maximum Gasteiger partial charge on any atom is 0.222 e. The summed E-state index contributed by atoms with van der Waals surface area (Å²) in [5.41, 5.74) is 2.43. The van der Waals surface area contributed by atoms with Crippen LogP contribution in [-0.2, 0) is 11.3 Å². The molecule has 0 radical (unpaired) electrons. The van der Waals surface area contributed by atoms with Gasteiger partial charge in [-0.1, -0.05) is 5.16 Å². The van der Waals surface area contributed by atoms with Crippen molar-refractivity contribution in [2.24, 2.45) is 5.41 Å². The number of β-amino-alcohol motifs (C(OH)–C–C–N with tert-alkyl or cyclic N) is 1. The van der Waals surface area contributed by atoms with Gasteiger partial charge in [-0.05, 0) is 58.5 Å². The molecule has 3 heterocycles. The van der Waals surface area contributed by atoms with E-state index in [1.807, 2.05) is 18.7 Å². The van der Waals surface area contributed by atoms with E-state index in [9.17, 15) is 9.90 Å². The van der Waals surface area contributed by atoms with Crippen molar-refractivity contribution in [3.63, 3.8) is 0 Å². The number of likely N-dealkylation sites (tertiary alicyclic amines) is 2. The number of hydrogen-bond acceptors (Lipinski definition) is 5. The predicted molar refractivity (Wildman–Crippen MR) is 90.4 cm³/mol. The molecule has 1 atom stereocenters. The molecule has 2 saturated heterocycles. The molecule has 1 amide bonds. The number of aryl methyl sites for hydroxylation is 2. The molecule has 0 bridgehead atoms. The minimum Gasteiger partial charge on any atom is -0.392 e. The molecule has 3 rings (SSSR count). The second-order valence-electron chi connectivity index (χ2n) is 7.70. The van der Waals surface area contributed by atoms with Gasteiger partial charge < -0.3 is 14.5 Å². The van der Waals surface area contributed by atoms with Gasteiger partial charge in [-0.2, -0.15) is 0 Å². The van der Waals surface area contributed by atoms with E-state index in [4.69, 9.17) is 4.52 Å². The number of aliphatic hydroxyl groups excluding tert-OH is 1. The first kappa shape index (κ1) is 17.4. The summed E-state index contributed by atoms with van der Waals surface area (Å²) in [7, 11) is 0. The van der Waals surface area contributed by atoms with E-state index in [1.54, 1.807) is 6.92 Å². The van der Waals surface area contributed by atoms with E-state index < -0.39 is 6.10 Å². The van der Waals surface area contributed by atoms with Crippen molar-refractivity contribution in [2.45, 2.75) is 59.1 Å². The summed E-state index contributed by atoms with van der Waals surface area (Å²) >= 11 is 0. The molecule has 1 N–H and O–H groups in total. The zero-order chi connectivity index (χ0) is 17.3. The van der Waals surface area contributed by atoms with Crippen molar-refractivity contribution in [3.8, 4) is 0 Å². The van der Waals surface area contributed by atoms with Gasteiger partial charge in [-0.25, -0.2) is 0 Å². The molecule has 0 unspecified atom stereocenters. The minimum absolute atomic E-state index is 0.194. The standard InChI is InChI=1S/C18H29N3O3/c1-13(22)10-21-12-18(5-4-17(21)23)6-8-20(9-7-18)11-16-14(2)19-24-15(16)3/h13,22H,4-12H2,1-3H3/t13-/m0/s1. The Morgan fingerprint density at radius 1 is 1.29 bits per heavy atom. The number of hydrogen-bond donors (Lipinski definition) is 1. The van der Waals surface area contributed by atoms with Crippen molar-refractivity contribution in [3.05, 3.63) is 17.0 Å². The van der Waals surface area contributed by atoms with Gasteiger partial charge in [0.15, 0.2) is 0 Å². The third kappa shape index (κ3) is 3.64. The SMILES string of the molecule is Cc1noc(C)c1CN1CCC2(CCC(=O)N(C[C@H](C)O)C2)CC1. The summed E-state index contributed by atoms with van der Waals surface area (Å²) in [5.74, 6) is 1.11. The van der Waals surface area contributed by atoms with Gasteiger partial charge in [-0.3, -0.25) is 9.69 Å². The molecule has 1 spiro atoms. The minimum atomic E-state index is -0.455. The number of nitrogens with zero attached hydrogens (tertiary/aromatic N) is 3. The van der Waals surface area contributed by atoms with Crippen molar-refractivity contribution in [1.29, 1.82) is 0 Å². The lowest BCUT2D eigenvalue weighted by molar-refractivity contribution is -0.140. The molecule has 0 aromatic carbocycles. The number of rotatable bonds is 4. The number of piperidine rings is 2. The first-order chi connectivity index (χ1) is 11.4. The highest BCUT2D eigenvalue weighted by Crippen LogP contribution is 2.40. The number of carbonyl (C=O) groups excluding carboxylic acids is 1. The Morgan fingerprint density at radius 2 is 2.00 bits per heavy atom. The van der Waals surface area contributed by atoms with Crippen molar-refractivity contribution in [1.82, 2.24) is 15.0 Å². The van der Waals surface area contributed by atoms with Crippen LogP contribution in [0.1, 0.15) is 49.6 Å². The van der Waals surface area contributed by atoms with Gasteiger partial charge in [0.1, 0.15) is 5.76 Å². The number of aliphatic hydroxyl groups is 1. The Bertz CT molecular complexity index is 569. The summed E-state index contributed by atoms with van der Waals surface area (Å²) < 4.78 is 5.26. The second kappa shape index (κ2) is 6.84. The predicted octanol–water partition coefficient (Wildman–Crippen LogP) is 1.88. The molecule has 134 valence electrons. The topological polar surface area (TPSA) is 69.8 Å². The normalized spacial score (nSPS) is 23.0. The van der Waals surface area contributed by atoms with Crippen LogP contribution in [0.2, 0.25) is 0 Å². The summed E-state index contributed by atoms with van der Waals surface area (Å²) in [4.78, 5) is 16.4. The van der Waals surface area contributed by atoms with Gasteiger partial charge in [-0.15, -0.1) is 0 Å². The van der Waals surface area contributed by atoms with Crippen molar-refractivity contribution in [2.75, 3.05) is 26.2 Å². The Kier molecular flexibility index (Phi) is 4.97. The largest absolute Gasteiger partial charge is 0.392 e. The molecule has 2 fully saturated rings. The fourth-order valence-corrected chi connectivity index (χ4v) is 4.13. The monoisotopic (exact) mass is 335 g/mol. The molecule has 1 aromatic heterocycles. The van der Waals surface area contributed by atoms with Crippen LogP contribution in [-0.4, -0.2) is 58.3 Å². The maximum atomic E-state index is 12.1. The number of amides is 1. The first-order valence-electron chi connectivity index (χ1n) is 8.98. The van der Waals surface area contributed by atoms with Crippen molar-refractivity contribution >= 4 is 5.91 Å². The van der Waals surface area contributed by atoms with Crippen LogP contribution >= 0.6 is 0 Å². The van der Waals surface area contributed by atoms with E-state index >= 15 is 0 Å². The molecular weight excluding hydrogens is 306 g/mol. The fraction of sp³-hybridized carbons (Fsp3) is 0.778. The lowest BCUT2D eigenvalue weighted by Gasteiger charge is -2.47. The molecule has 6 heteroatoms. The highest BCUT2D eigenvalue weighted by molar-refractivity contribution is 5.77. The molecule has 0 saturated carbocycles. The van der Waals surface area contributed by atoms with Gasteiger partial charge in [0, 0.05) is 31.6 Å². The van der Waals surface area contributed by atoms with Crippen LogP contribution in [0.15, 0.2) is 4.52 Å². The highest BCUT2D eigenvalue weighted by Gasteiger charge is 2.41. The van der Waals surface area contributed by atoms with E-state index in [1.165, 1.54) is 5.56 Å². The molecule has 2 aliphatic heterocycles. The lowest BCUT2D eigenvalue weighted by Crippen LogP contribution is -2.52. The molecule has 24 heavy (non-hydrogen) atoms. The smallest absolute Gasteiger partial charge is 0.222 e. The van der Waals surface area contributed by atoms with Crippen LogP contribution in [0.4, 0.5) is 0 Å². The summed E-state index contributed by atoms with van der Waals surface area (Å²) in [5, 5.41) is 13.7. The van der Waals surface area contributed by atoms with Crippen LogP contribution in [0.5, 0.6) is 0 Å². The van der Waals surface area contributed by atoms with E-state index in [-0.39, 0.29) is 11.3 Å². The maximum absolute atomic E-state index is 12.1. The van der Waals surface area contributed by atoms with E-state index in [0.717, 1.165) is 56.9 Å². The van der Waals surface area contributed by atoms with Crippen LogP contribution < -0.4 is 0 Å². The van der Waals surface area contributed by atoms with Crippen LogP contribution in [0.25, 0.3) is 0 Å². The van der Waals surface area contributed by atoms with Crippen LogP contribution in [0, 0.1) is 19.3 Å². The average Bonchev–Trinajstić information content (AvgIpc) is 2.85. The molecule has 0 aliphatic carbocycles. The molecule has 1 aromatic rings. The fourth-order valence-electron chi connectivity index (χ4n) is 4.13. The number of carbonyl (C=O) groups is 1. The third-order valence-corrected chi connectivity index (χ3v) is 5.71. The highest BCUT2D eigenvalue weighted by atomic mass is 16.5. The Labute approximate surface area is 143 Å². The van der Waals surface area contributed by atoms with E-state index in [0.29, 0.717) is 13.0 Å². The summed E-state index contributed by atoms with van der Waals surface area (Å²) in [6.45, 7) is 9.97.